The van der Waals surface area contributed by atoms with Crippen LogP contribution in [0.5, 0.6) is 0 Å². The Labute approximate surface area is 91.3 Å². The van der Waals surface area contributed by atoms with E-state index in [-0.39, 0.29) is 11.8 Å². The molecule has 1 saturated carbocycles. The number of nitrogens with zero attached hydrogens (tertiary/aromatic N) is 2. The summed E-state index contributed by atoms with van der Waals surface area (Å²) in [6.07, 6.45) is 2.86. The summed E-state index contributed by atoms with van der Waals surface area (Å²) in [6, 6.07) is 0. The van der Waals surface area contributed by atoms with Gasteiger partial charge in [0.2, 0.25) is 11.9 Å². The van der Waals surface area contributed by atoms with Gasteiger partial charge in [-0.05, 0) is 19.3 Å². The van der Waals surface area contributed by atoms with Crippen LogP contribution in [-0.2, 0) is 9.59 Å². The number of hydrogen-bond acceptors (Lipinski definition) is 4. The van der Waals surface area contributed by atoms with Crippen LogP contribution in [0.1, 0.15) is 19.3 Å². The molecule has 1 aromatic heterocycles. The van der Waals surface area contributed by atoms with Crippen molar-refractivity contribution in [1.82, 2.24) is 15.2 Å². The number of carbonyl (C=O) groups excluding carboxylic acids is 1. The lowest BCUT2D eigenvalue weighted by Crippen LogP contribution is -2.22. The quantitative estimate of drug-likeness (QED) is 0.681. The molecule has 86 valence electrons. The lowest BCUT2D eigenvalue weighted by molar-refractivity contribution is -0.141. The van der Waals surface area contributed by atoms with E-state index in [1.807, 2.05) is 0 Å². The number of aromatic nitrogens is 3. The summed E-state index contributed by atoms with van der Waals surface area (Å²) >= 11 is 0. The van der Waals surface area contributed by atoms with Gasteiger partial charge in [-0.3, -0.25) is 14.9 Å². The van der Waals surface area contributed by atoms with Gasteiger partial charge in [-0.25, -0.2) is 5.10 Å². The molecule has 0 radical (unpaired) electrons. The van der Waals surface area contributed by atoms with E-state index in [1.54, 1.807) is 0 Å². The van der Waals surface area contributed by atoms with E-state index in [0.717, 1.165) is 0 Å². The Balaban J connectivity index is 1.90. The first-order valence-corrected chi connectivity index (χ1v) is 5.06. The van der Waals surface area contributed by atoms with Gasteiger partial charge in [-0.15, -0.1) is 0 Å². The molecule has 16 heavy (non-hydrogen) atoms. The zero-order valence-electron chi connectivity index (χ0n) is 8.51. The molecule has 0 bridgehead atoms. The average Bonchev–Trinajstić information content (AvgIpc) is 2.86. The van der Waals surface area contributed by atoms with Gasteiger partial charge >= 0.3 is 5.97 Å². The van der Waals surface area contributed by atoms with Crippen molar-refractivity contribution in [3.8, 4) is 0 Å². The number of anilines is 1. The fourth-order valence-electron chi connectivity index (χ4n) is 1.93. The maximum Gasteiger partial charge on any atom is 0.306 e. The number of carboxylic acid groups (broad SMARTS) is 1. The summed E-state index contributed by atoms with van der Waals surface area (Å²) in [4.78, 5) is 26.2. The number of rotatable bonds is 3. The first kappa shape index (κ1) is 10.6. The van der Waals surface area contributed by atoms with Crippen molar-refractivity contribution in [1.29, 1.82) is 0 Å². The van der Waals surface area contributed by atoms with Crippen molar-refractivity contribution in [3.63, 3.8) is 0 Å². The van der Waals surface area contributed by atoms with Gasteiger partial charge in [-0.2, -0.15) is 10.1 Å². The number of H-pyrrole nitrogens is 1. The number of nitrogens with one attached hydrogen (secondary N) is 2. The fraction of sp³-hybridized carbons (Fsp3) is 0.556. The summed E-state index contributed by atoms with van der Waals surface area (Å²) in [5.41, 5.74) is 0. The summed E-state index contributed by atoms with van der Waals surface area (Å²) in [6.45, 7) is 0. The number of amides is 1. The number of aliphatic carboxylic acids is 1. The van der Waals surface area contributed by atoms with Gasteiger partial charge in [0, 0.05) is 5.92 Å². The van der Waals surface area contributed by atoms with Crippen LogP contribution in [0.4, 0.5) is 5.95 Å². The molecule has 0 spiro atoms. The normalized spacial score (nSPS) is 24.2. The zero-order valence-corrected chi connectivity index (χ0v) is 8.51. The fourth-order valence-corrected chi connectivity index (χ4v) is 1.93. The summed E-state index contributed by atoms with van der Waals surface area (Å²) in [5, 5.41) is 17.5. The molecular weight excluding hydrogens is 212 g/mol. The molecule has 2 unspecified atom stereocenters. The second-order valence-electron chi connectivity index (χ2n) is 3.87. The van der Waals surface area contributed by atoms with Crippen LogP contribution in [0, 0.1) is 11.8 Å². The van der Waals surface area contributed by atoms with Crippen molar-refractivity contribution >= 4 is 17.8 Å². The van der Waals surface area contributed by atoms with Crippen molar-refractivity contribution in [3.05, 3.63) is 6.33 Å². The summed E-state index contributed by atoms with van der Waals surface area (Å²) in [5.74, 6) is -1.36. The predicted octanol–water partition coefficient (Wildman–Crippen LogP) is 0.244. The minimum absolute atomic E-state index is 0.194. The lowest BCUT2D eigenvalue weighted by atomic mass is 10.0. The number of aromatic amines is 1. The number of hydrogen-bond donors (Lipinski definition) is 3. The molecule has 1 aromatic rings. The second-order valence-corrected chi connectivity index (χ2v) is 3.87. The molecule has 7 nitrogen and oxygen atoms in total. The van der Waals surface area contributed by atoms with E-state index >= 15 is 0 Å². The maximum atomic E-state index is 11.7. The Kier molecular flexibility index (Phi) is 2.84. The highest BCUT2D eigenvalue weighted by molar-refractivity contribution is 5.91. The van der Waals surface area contributed by atoms with Gasteiger partial charge in [0.15, 0.2) is 0 Å². The van der Waals surface area contributed by atoms with E-state index in [0.29, 0.717) is 25.2 Å². The third kappa shape index (κ3) is 2.18. The standard InChI is InChI=1S/C9H12N4O3/c14-7(12-9-10-4-11-13-9)5-1-2-6(3-5)8(15)16/h4-6H,1-3H2,(H,15,16)(H2,10,11,12,13,14). The highest BCUT2D eigenvalue weighted by Gasteiger charge is 2.33. The van der Waals surface area contributed by atoms with Crippen LogP contribution in [0.25, 0.3) is 0 Å². The molecule has 1 fully saturated rings. The highest BCUT2D eigenvalue weighted by Crippen LogP contribution is 2.31. The molecule has 3 N–H and O–H groups in total. The molecule has 2 atom stereocenters. The van der Waals surface area contributed by atoms with Crippen molar-refractivity contribution in [2.75, 3.05) is 5.32 Å². The van der Waals surface area contributed by atoms with E-state index in [4.69, 9.17) is 5.11 Å². The van der Waals surface area contributed by atoms with Gasteiger partial charge in [0.25, 0.3) is 0 Å². The van der Waals surface area contributed by atoms with Gasteiger partial charge in [0.1, 0.15) is 6.33 Å². The molecule has 1 aliphatic rings. The van der Waals surface area contributed by atoms with Crippen molar-refractivity contribution in [2.24, 2.45) is 11.8 Å². The molecule has 1 aliphatic carbocycles. The smallest absolute Gasteiger partial charge is 0.306 e. The van der Waals surface area contributed by atoms with E-state index in [1.165, 1.54) is 6.33 Å². The SMILES string of the molecule is O=C(O)C1CCC(C(=O)Nc2ncn[nH]2)C1. The first-order valence-electron chi connectivity index (χ1n) is 5.06. The van der Waals surface area contributed by atoms with Crippen LogP contribution < -0.4 is 5.32 Å². The van der Waals surface area contributed by atoms with E-state index in [2.05, 4.69) is 20.5 Å². The Morgan fingerprint density at radius 3 is 2.75 bits per heavy atom. The molecule has 1 heterocycles. The minimum Gasteiger partial charge on any atom is -0.481 e. The Morgan fingerprint density at radius 2 is 2.19 bits per heavy atom. The topological polar surface area (TPSA) is 108 Å². The van der Waals surface area contributed by atoms with Crippen LogP contribution >= 0.6 is 0 Å². The molecule has 0 aliphatic heterocycles. The largest absolute Gasteiger partial charge is 0.481 e. The van der Waals surface area contributed by atoms with E-state index < -0.39 is 11.9 Å². The molecule has 1 amide bonds. The third-order valence-electron chi connectivity index (χ3n) is 2.81. The van der Waals surface area contributed by atoms with Crippen LogP contribution in [0.3, 0.4) is 0 Å². The monoisotopic (exact) mass is 224 g/mol. The van der Waals surface area contributed by atoms with Crippen LogP contribution in [0.2, 0.25) is 0 Å². The summed E-state index contributed by atoms with van der Waals surface area (Å²) < 4.78 is 0. The third-order valence-corrected chi connectivity index (χ3v) is 2.81. The lowest BCUT2D eigenvalue weighted by Gasteiger charge is -2.08. The summed E-state index contributed by atoms with van der Waals surface area (Å²) in [7, 11) is 0. The number of carbonyl (C=O) groups is 2. The predicted molar refractivity (Wildman–Crippen MR) is 53.5 cm³/mol. The maximum absolute atomic E-state index is 11.7. The first-order chi connectivity index (χ1) is 7.66. The average molecular weight is 224 g/mol. The molecule has 0 saturated heterocycles. The van der Waals surface area contributed by atoms with Crippen molar-refractivity contribution in [2.45, 2.75) is 19.3 Å². The van der Waals surface area contributed by atoms with Gasteiger partial charge in [0.05, 0.1) is 5.92 Å². The Morgan fingerprint density at radius 1 is 1.44 bits per heavy atom. The van der Waals surface area contributed by atoms with Gasteiger partial charge in [-0.1, -0.05) is 0 Å². The highest BCUT2D eigenvalue weighted by atomic mass is 16.4. The Bertz CT molecular complexity index is 389. The molecule has 0 aromatic carbocycles. The second kappa shape index (κ2) is 4.30. The van der Waals surface area contributed by atoms with Gasteiger partial charge < -0.3 is 5.11 Å². The minimum atomic E-state index is -0.824. The molecular formula is C9H12N4O3. The van der Waals surface area contributed by atoms with E-state index in [9.17, 15) is 9.59 Å². The molecule has 7 heteroatoms. The zero-order chi connectivity index (χ0) is 11.5. The molecule has 2 rings (SSSR count). The Hall–Kier alpha value is -1.92. The van der Waals surface area contributed by atoms with Crippen LogP contribution in [-0.4, -0.2) is 32.2 Å². The van der Waals surface area contributed by atoms with Crippen LogP contribution in [0.15, 0.2) is 6.33 Å². The number of carboxylic acids is 1. The van der Waals surface area contributed by atoms with Crippen molar-refractivity contribution < 1.29 is 14.7 Å².